The second-order valence-electron chi connectivity index (χ2n) is 5.43. The lowest BCUT2D eigenvalue weighted by atomic mass is 9.84. The van der Waals surface area contributed by atoms with Crippen molar-refractivity contribution in [3.8, 4) is 0 Å². The molecule has 1 heterocycles. The highest BCUT2D eigenvalue weighted by atomic mass is 19.4. The first-order valence-corrected chi connectivity index (χ1v) is 7.00. The van der Waals surface area contributed by atoms with Crippen LogP contribution < -0.4 is 11.3 Å². The fourth-order valence-corrected chi connectivity index (χ4v) is 2.81. The number of halogens is 3. The molecule has 20 heavy (non-hydrogen) atoms. The van der Waals surface area contributed by atoms with Gasteiger partial charge in [-0.25, -0.2) is 0 Å². The zero-order valence-corrected chi connectivity index (χ0v) is 11.3. The number of rotatable bonds is 4. The van der Waals surface area contributed by atoms with Crippen molar-refractivity contribution in [1.82, 2.24) is 10.4 Å². The topological polar surface area (TPSA) is 50.9 Å². The Labute approximate surface area is 116 Å². The van der Waals surface area contributed by atoms with Crippen molar-refractivity contribution in [2.75, 3.05) is 0 Å². The number of hydrazine groups is 1. The predicted molar refractivity (Wildman–Crippen MR) is 70.5 cm³/mol. The van der Waals surface area contributed by atoms with Gasteiger partial charge in [-0.05, 0) is 24.5 Å². The summed E-state index contributed by atoms with van der Waals surface area (Å²) in [5.74, 6) is 6.11. The number of nitrogens with two attached hydrogens (primary N) is 1. The van der Waals surface area contributed by atoms with Gasteiger partial charge in [0.15, 0.2) is 0 Å². The lowest BCUT2D eigenvalue weighted by Gasteiger charge is -2.26. The summed E-state index contributed by atoms with van der Waals surface area (Å²) >= 11 is 0. The molecule has 3 N–H and O–H groups in total. The molecule has 1 aliphatic carbocycles. The number of hydrogen-bond donors (Lipinski definition) is 2. The summed E-state index contributed by atoms with van der Waals surface area (Å²) in [6, 6.07) is 2.30. The number of nitrogens with zero attached hydrogens (tertiary/aromatic N) is 1. The highest BCUT2D eigenvalue weighted by molar-refractivity contribution is 5.19. The third kappa shape index (κ3) is 3.93. The maximum atomic E-state index is 12.5. The van der Waals surface area contributed by atoms with Crippen LogP contribution in [-0.4, -0.2) is 4.98 Å². The van der Waals surface area contributed by atoms with E-state index >= 15 is 0 Å². The first-order chi connectivity index (χ1) is 9.50. The lowest BCUT2D eigenvalue weighted by Crippen LogP contribution is -2.31. The van der Waals surface area contributed by atoms with Gasteiger partial charge in [0.2, 0.25) is 0 Å². The Morgan fingerprint density at radius 2 is 1.95 bits per heavy atom. The first kappa shape index (κ1) is 15.3. The Bertz CT molecular complexity index is 411. The molecule has 1 aromatic heterocycles. The van der Waals surface area contributed by atoms with E-state index in [4.69, 9.17) is 5.84 Å². The molecule has 0 spiro atoms. The zero-order chi connectivity index (χ0) is 14.6. The van der Waals surface area contributed by atoms with Crippen molar-refractivity contribution in [2.45, 2.75) is 50.7 Å². The maximum absolute atomic E-state index is 12.5. The van der Waals surface area contributed by atoms with Crippen molar-refractivity contribution in [2.24, 2.45) is 11.8 Å². The summed E-state index contributed by atoms with van der Waals surface area (Å²) < 4.78 is 37.5. The smallest absolute Gasteiger partial charge is 0.271 e. The minimum absolute atomic E-state index is 0.180. The van der Waals surface area contributed by atoms with E-state index in [2.05, 4.69) is 10.4 Å². The number of nitrogens with one attached hydrogen (secondary N) is 1. The number of pyridine rings is 1. The molecule has 0 aromatic carbocycles. The molecule has 1 atom stereocenters. The van der Waals surface area contributed by atoms with Crippen molar-refractivity contribution >= 4 is 0 Å². The Hall–Kier alpha value is -1.14. The van der Waals surface area contributed by atoms with Crippen molar-refractivity contribution < 1.29 is 13.2 Å². The Morgan fingerprint density at radius 3 is 2.45 bits per heavy atom. The highest BCUT2D eigenvalue weighted by Gasteiger charge is 2.31. The molecule has 1 aromatic rings. The molecule has 1 fully saturated rings. The molecule has 3 nitrogen and oxygen atoms in total. The minimum atomic E-state index is -4.35. The SMILES string of the molecule is NNC(CC1CCCCC1)c1ccc(C(F)(F)F)cn1. The van der Waals surface area contributed by atoms with E-state index < -0.39 is 11.7 Å². The van der Waals surface area contributed by atoms with Gasteiger partial charge in [0.25, 0.3) is 0 Å². The fourth-order valence-electron chi connectivity index (χ4n) is 2.81. The van der Waals surface area contributed by atoms with E-state index in [0.29, 0.717) is 11.6 Å². The van der Waals surface area contributed by atoms with Crippen LogP contribution in [0.5, 0.6) is 0 Å². The van der Waals surface area contributed by atoms with Gasteiger partial charge >= 0.3 is 6.18 Å². The van der Waals surface area contributed by atoms with Crippen LogP contribution >= 0.6 is 0 Å². The van der Waals surface area contributed by atoms with E-state index in [-0.39, 0.29) is 6.04 Å². The third-order valence-electron chi connectivity index (χ3n) is 3.97. The van der Waals surface area contributed by atoms with Crippen LogP contribution in [0, 0.1) is 5.92 Å². The highest BCUT2D eigenvalue weighted by Crippen LogP contribution is 2.32. The van der Waals surface area contributed by atoms with Crippen LogP contribution in [0.15, 0.2) is 18.3 Å². The molecule has 6 heteroatoms. The lowest BCUT2D eigenvalue weighted by molar-refractivity contribution is -0.137. The van der Waals surface area contributed by atoms with Crippen LogP contribution in [0.1, 0.15) is 55.8 Å². The quantitative estimate of drug-likeness (QED) is 0.657. The van der Waals surface area contributed by atoms with Gasteiger partial charge in [-0.2, -0.15) is 13.2 Å². The van der Waals surface area contributed by atoms with Crippen LogP contribution in [0.2, 0.25) is 0 Å². The summed E-state index contributed by atoms with van der Waals surface area (Å²) in [6.07, 6.45) is 3.41. The average molecular weight is 287 g/mol. The van der Waals surface area contributed by atoms with Crippen molar-refractivity contribution in [3.63, 3.8) is 0 Å². The summed E-state index contributed by atoms with van der Waals surface area (Å²) in [5, 5.41) is 0. The summed E-state index contributed by atoms with van der Waals surface area (Å²) in [7, 11) is 0. The Balaban J connectivity index is 2.03. The van der Waals surface area contributed by atoms with Gasteiger partial charge in [0.05, 0.1) is 17.3 Å². The molecular formula is C14H20F3N3. The Morgan fingerprint density at radius 1 is 1.25 bits per heavy atom. The van der Waals surface area contributed by atoms with Crippen LogP contribution in [0.25, 0.3) is 0 Å². The van der Waals surface area contributed by atoms with E-state index in [1.54, 1.807) is 0 Å². The molecule has 2 rings (SSSR count). The van der Waals surface area contributed by atoms with Gasteiger partial charge in [-0.3, -0.25) is 16.3 Å². The predicted octanol–water partition coefficient (Wildman–Crippen LogP) is 3.58. The molecule has 1 unspecified atom stereocenters. The third-order valence-corrected chi connectivity index (χ3v) is 3.97. The molecule has 0 bridgehead atoms. The normalized spacial score (nSPS) is 19.0. The second-order valence-corrected chi connectivity index (χ2v) is 5.43. The van der Waals surface area contributed by atoms with Gasteiger partial charge in [-0.15, -0.1) is 0 Å². The summed E-state index contributed by atoms with van der Waals surface area (Å²) in [5.41, 5.74) is 2.53. The largest absolute Gasteiger partial charge is 0.417 e. The average Bonchev–Trinajstić information content (AvgIpc) is 2.45. The summed E-state index contributed by atoms with van der Waals surface area (Å²) in [6.45, 7) is 0. The maximum Gasteiger partial charge on any atom is 0.417 e. The van der Waals surface area contributed by atoms with Crippen LogP contribution in [0.3, 0.4) is 0 Å². The number of hydrogen-bond acceptors (Lipinski definition) is 3. The fraction of sp³-hybridized carbons (Fsp3) is 0.643. The van der Waals surface area contributed by atoms with E-state index in [0.717, 1.165) is 18.7 Å². The molecule has 0 amide bonds. The molecular weight excluding hydrogens is 267 g/mol. The molecule has 0 radical (unpaired) electrons. The molecule has 1 saturated carbocycles. The molecule has 112 valence electrons. The monoisotopic (exact) mass is 287 g/mol. The van der Waals surface area contributed by atoms with Crippen LogP contribution in [-0.2, 0) is 6.18 Å². The van der Waals surface area contributed by atoms with Gasteiger partial charge in [0.1, 0.15) is 0 Å². The Kier molecular flexibility index (Phi) is 4.99. The molecule has 1 aliphatic rings. The van der Waals surface area contributed by atoms with Crippen molar-refractivity contribution in [3.05, 3.63) is 29.6 Å². The van der Waals surface area contributed by atoms with Gasteiger partial charge in [0, 0.05) is 6.20 Å². The number of aromatic nitrogens is 1. The first-order valence-electron chi connectivity index (χ1n) is 7.00. The van der Waals surface area contributed by atoms with Gasteiger partial charge < -0.3 is 0 Å². The molecule has 0 saturated heterocycles. The van der Waals surface area contributed by atoms with E-state index in [1.807, 2.05) is 0 Å². The van der Waals surface area contributed by atoms with Gasteiger partial charge in [-0.1, -0.05) is 32.1 Å². The van der Waals surface area contributed by atoms with Crippen LogP contribution in [0.4, 0.5) is 13.2 Å². The van der Waals surface area contributed by atoms with E-state index in [9.17, 15) is 13.2 Å². The number of alkyl halides is 3. The second kappa shape index (κ2) is 6.54. The van der Waals surface area contributed by atoms with Crippen molar-refractivity contribution in [1.29, 1.82) is 0 Å². The minimum Gasteiger partial charge on any atom is -0.271 e. The van der Waals surface area contributed by atoms with E-state index in [1.165, 1.54) is 38.2 Å². The summed E-state index contributed by atoms with van der Waals surface area (Å²) in [4.78, 5) is 3.92. The molecule has 0 aliphatic heterocycles. The zero-order valence-electron chi connectivity index (χ0n) is 11.3. The standard InChI is InChI=1S/C14H20F3N3/c15-14(16,17)11-6-7-12(19-9-11)13(20-18)8-10-4-2-1-3-5-10/h6-7,9-10,13,20H,1-5,8,18H2.